The van der Waals surface area contributed by atoms with Crippen molar-refractivity contribution in [1.29, 1.82) is 0 Å². The van der Waals surface area contributed by atoms with Crippen molar-refractivity contribution in [2.24, 2.45) is 9.98 Å². The number of fused-ring (bicyclic) bond motifs is 1. The number of aryl methyl sites for hydroxylation is 1. The molecule has 2 aliphatic rings. The highest BCUT2D eigenvalue weighted by Crippen LogP contribution is 2.24. The monoisotopic (exact) mass is 543 g/mol. The van der Waals surface area contributed by atoms with Crippen molar-refractivity contribution >= 4 is 24.3 Å². The minimum Gasteiger partial charge on any atom is -0.491 e. The van der Waals surface area contributed by atoms with Crippen LogP contribution < -0.4 is 4.74 Å². The Morgan fingerprint density at radius 1 is 1.10 bits per heavy atom. The lowest BCUT2D eigenvalue weighted by Gasteiger charge is -2.30. The highest BCUT2D eigenvalue weighted by molar-refractivity contribution is 6.03. The molecule has 0 radical (unpaired) electrons. The van der Waals surface area contributed by atoms with E-state index in [0.29, 0.717) is 50.3 Å². The summed E-state index contributed by atoms with van der Waals surface area (Å²) in [5, 5.41) is 10.7. The van der Waals surface area contributed by atoms with E-state index in [1.807, 2.05) is 52.9 Å². The number of aliphatic hydroxyl groups excluding tert-OH is 1. The van der Waals surface area contributed by atoms with Crippen LogP contribution in [-0.4, -0.2) is 90.0 Å². The molecule has 9 nitrogen and oxygen atoms in total. The maximum atomic E-state index is 12.8. The molecule has 1 atom stereocenters. The van der Waals surface area contributed by atoms with E-state index in [0.717, 1.165) is 30.6 Å². The van der Waals surface area contributed by atoms with Gasteiger partial charge in [-0.25, -0.2) is 9.98 Å². The van der Waals surface area contributed by atoms with Crippen LogP contribution in [0.2, 0.25) is 0 Å². The molecule has 40 heavy (non-hydrogen) atoms. The van der Waals surface area contributed by atoms with Gasteiger partial charge in [0.15, 0.2) is 5.84 Å². The van der Waals surface area contributed by atoms with Crippen molar-refractivity contribution in [3.63, 3.8) is 0 Å². The molecule has 5 rings (SSSR count). The number of benzene rings is 2. The molecule has 0 saturated carbocycles. The summed E-state index contributed by atoms with van der Waals surface area (Å²) in [5.41, 5.74) is 4.39. The lowest BCUT2D eigenvalue weighted by atomic mass is 10.00. The number of hydrogen-bond acceptors (Lipinski definition) is 6. The van der Waals surface area contributed by atoms with Crippen LogP contribution in [0, 0.1) is 6.92 Å². The Balaban J connectivity index is 1.22. The molecule has 3 heterocycles. The zero-order valence-electron chi connectivity index (χ0n) is 23.0. The molecule has 1 fully saturated rings. The number of ether oxygens (including phenoxy) is 2. The van der Waals surface area contributed by atoms with Crippen molar-refractivity contribution in [3.05, 3.63) is 83.0 Å². The molecule has 1 unspecified atom stereocenters. The van der Waals surface area contributed by atoms with Gasteiger partial charge in [0.1, 0.15) is 30.8 Å². The molecule has 3 aromatic rings. The van der Waals surface area contributed by atoms with Gasteiger partial charge < -0.3 is 24.0 Å². The van der Waals surface area contributed by atoms with Crippen LogP contribution in [0.3, 0.4) is 0 Å². The molecule has 210 valence electrons. The number of morpholine rings is 1. The molecule has 0 aliphatic carbocycles. The summed E-state index contributed by atoms with van der Waals surface area (Å²) in [4.78, 5) is 25.9. The lowest BCUT2D eigenvalue weighted by Crippen LogP contribution is -2.42. The van der Waals surface area contributed by atoms with Crippen molar-refractivity contribution in [3.8, 4) is 5.75 Å². The van der Waals surface area contributed by atoms with Crippen LogP contribution in [0.4, 0.5) is 5.82 Å². The van der Waals surface area contributed by atoms with Crippen molar-refractivity contribution in [1.82, 2.24) is 14.4 Å². The molecule has 1 aromatic heterocycles. The van der Waals surface area contributed by atoms with Crippen LogP contribution in [-0.2, 0) is 29.0 Å². The third kappa shape index (κ3) is 6.85. The molecule has 0 spiro atoms. The molecule has 2 aromatic carbocycles. The molecule has 9 heteroatoms. The maximum Gasteiger partial charge on any atom is 0.242 e. The highest BCUT2D eigenvalue weighted by atomic mass is 16.5. The molecule has 2 aliphatic heterocycles. The SMILES string of the molecule is C=N/C(=N\c1c(C)ccn1CC(=O)N1CCOCC1)c1cccc(OCC(O)CN2CCc3ccccc3C2)c1. The number of aliphatic imine (C=N–C) groups is 2. The highest BCUT2D eigenvalue weighted by Gasteiger charge is 2.20. The number of amides is 1. The van der Waals surface area contributed by atoms with E-state index in [1.54, 1.807) is 0 Å². The standard InChI is InChI=1S/C31H37N5O4/c1-23-10-13-36(21-29(38)35-14-16-39-17-15-35)31(23)33-30(32-2)25-8-5-9-28(18-25)40-22-27(37)20-34-12-11-24-6-3-4-7-26(24)19-34/h3-10,13,18,27,37H,2,11-12,14-17,19-22H2,1H3/b33-30-. The average molecular weight is 544 g/mol. The number of aliphatic hydroxyl groups is 1. The van der Waals surface area contributed by atoms with Gasteiger partial charge in [0.2, 0.25) is 5.91 Å². The quantitative estimate of drug-likeness (QED) is 0.331. The molecular weight excluding hydrogens is 506 g/mol. The predicted octanol–water partition coefficient (Wildman–Crippen LogP) is 3.23. The summed E-state index contributed by atoms with van der Waals surface area (Å²) in [7, 11) is 0. The Kier molecular flexibility index (Phi) is 9.05. The van der Waals surface area contributed by atoms with Crippen molar-refractivity contribution in [2.75, 3.05) is 46.0 Å². The topological polar surface area (TPSA) is 91.9 Å². The number of hydrogen-bond donors (Lipinski definition) is 1. The van der Waals surface area contributed by atoms with E-state index in [9.17, 15) is 9.90 Å². The van der Waals surface area contributed by atoms with E-state index in [-0.39, 0.29) is 19.1 Å². The Hall–Kier alpha value is -3.79. The van der Waals surface area contributed by atoms with Crippen LogP contribution in [0.25, 0.3) is 0 Å². The second kappa shape index (κ2) is 13.0. The molecule has 1 saturated heterocycles. The summed E-state index contributed by atoms with van der Waals surface area (Å²) >= 11 is 0. The molecule has 0 bridgehead atoms. The fourth-order valence-corrected chi connectivity index (χ4v) is 5.18. The van der Waals surface area contributed by atoms with Crippen LogP contribution in [0.5, 0.6) is 5.75 Å². The van der Waals surface area contributed by atoms with Crippen LogP contribution in [0.15, 0.2) is 70.8 Å². The number of carbonyl (C=O) groups is 1. The fourth-order valence-electron chi connectivity index (χ4n) is 5.18. The second-order valence-corrected chi connectivity index (χ2v) is 10.3. The Morgan fingerprint density at radius 3 is 2.70 bits per heavy atom. The molecular formula is C31H37N5O4. The third-order valence-electron chi connectivity index (χ3n) is 7.37. The van der Waals surface area contributed by atoms with Crippen LogP contribution in [0.1, 0.15) is 22.3 Å². The molecule has 1 amide bonds. The van der Waals surface area contributed by atoms with Gasteiger partial charge in [-0.3, -0.25) is 9.69 Å². The number of amidine groups is 1. The Morgan fingerprint density at radius 2 is 1.90 bits per heavy atom. The first-order chi connectivity index (χ1) is 19.5. The lowest BCUT2D eigenvalue weighted by molar-refractivity contribution is -0.135. The van der Waals surface area contributed by atoms with Gasteiger partial charge >= 0.3 is 0 Å². The third-order valence-corrected chi connectivity index (χ3v) is 7.37. The average Bonchev–Trinajstić information content (AvgIpc) is 3.33. The minimum atomic E-state index is -0.616. The Labute approximate surface area is 235 Å². The Bertz CT molecular complexity index is 1360. The van der Waals surface area contributed by atoms with Gasteiger partial charge in [0.05, 0.1) is 13.2 Å². The zero-order chi connectivity index (χ0) is 27.9. The summed E-state index contributed by atoms with van der Waals surface area (Å²) < 4.78 is 13.2. The van der Waals surface area contributed by atoms with E-state index in [2.05, 4.69) is 40.9 Å². The number of nitrogens with zero attached hydrogens (tertiary/aromatic N) is 5. The predicted molar refractivity (Wildman–Crippen MR) is 156 cm³/mol. The maximum absolute atomic E-state index is 12.8. The van der Waals surface area contributed by atoms with Gasteiger partial charge in [-0.05, 0) is 55.0 Å². The van der Waals surface area contributed by atoms with E-state index in [4.69, 9.17) is 14.5 Å². The summed E-state index contributed by atoms with van der Waals surface area (Å²) in [5.74, 6) is 1.74. The zero-order valence-corrected chi connectivity index (χ0v) is 23.0. The minimum absolute atomic E-state index is 0.0335. The second-order valence-electron chi connectivity index (χ2n) is 10.3. The summed E-state index contributed by atoms with van der Waals surface area (Å²) in [6.07, 6.45) is 2.25. The van der Waals surface area contributed by atoms with Gasteiger partial charge in [0.25, 0.3) is 0 Å². The number of carbonyl (C=O) groups excluding carboxylic acids is 1. The summed E-state index contributed by atoms with van der Waals surface area (Å²) in [6.45, 7) is 10.7. The van der Waals surface area contributed by atoms with E-state index >= 15 is 0 Å². The fraction of sp³-hybridized carbons (Fsp3) is 0.387. The first-order valence-electron chi connectivity index (χ1n) is 13.8. The number of aromatic nitrogens is 1. The van der Waals surface area contributed by atoms with Gasteiger partial charge in [-0.15, -0.1) is 0 Å². The molecule has 1 N–H and O–H groups in total. The number of β-amino-alcohol motifs (C(OH)–C–C–N with tert-alkyl or cyclic N) is 1. The summed E-state index contributed by atoms with van der Waals surface area (Å²) in [6, 6.07) is 17.9. The van der Waals surface area contributed by atoms with E-state index < -0.39 is 6.10 Å². The van der Waals surface area contributed by atoms with Gasteiger partial charge in [-0.2, -0.15) is 0 Å². The van der Waals surface area contributed by atoms with Gasteiger partial charge in [0, 0.05) is 44.5 Å². The largest absolute Gasteiger partial charge is 0.491 e. The van der Waals surface area contributed by atoms with Crippen molar-refractivity contribution in [2.45, 2.75) is 32.5 Å². The van der Waals surface area contributed by atoms with Crippen molar-refractivity contribution < 1.29 is 19.4 Å². The first kappa shape index (κ1) is 27.8. The van der Waals surface area contributed by atoms with Crippen LogP contribution >= 0.6 is 0 Å². The normalized spacial score (nSPS) is 16.9. The smallest absolute Gasteiger partial charge is 0.242 e. The first-order valence-corrected chi connectivity index (χ1v) is 13.8. The van der Waals surface area contributed by atoms with E-state index in [1.165, 1.54) is 11.1 Å². The number of rotatable bonds is 9. The van der Waals surface area contributed by atoms with Gasteiger partial charge in [-0.1, -0.05) is 36.4 Å².